The van der Waals surface area contributed by atoms with Crippen LogP contribution in [0.1, 0.15) is 30.3 Å². The summed E-state index contributed by atoms with van der Waals surface area (Å²) < 4.78 is 5.40. The van der Waals surface area contributed by atoms with Crippen molar-refractivity contribution in [3.05, 3.63) is 17.9 Å². The first kappa shape index (κ1) is 12.5. The average molecular weight is 254 g/mol. The monoisotopic (exact) mass is 254 g/mol. The molecule has 5 heteroatoms. The second-order valence-corrected chi connectivity index (χ2v) is 5.18. The van der Waals surface area contributed by atoms with Gasteiger partial charge in [-0.3, -0.25) is 4.79 Å². The highest BCUT2D eigenvalue weighted by Crippen LogP contribution is 2.18. The molecule has 2 unspecified atom stereocenters. The molecule has 94 valence electrons. The molecular formula is C12H18N2O2S. The van der Waals surface area contributed by atoms with Gasteiger partial charge in [-0.05, 0) is 44.7 Å². The summed E-state index contributed by atoms with van der Waals surface area (Å²) in [6, 6.07) is 4.27. The van der Waals surface area contributed by atoms with Gasteiger partial charge in [-0.15, -0.1) is 0 Å². The maximum absolute atomic E-state index is 11.9. The van der Waals surface area contributed by atoms with E-state index in [1.54, 1.807) is 6.07 Å². The summed E-state index contributed by atoms with van der Waals surface area (Å²) in [5.74, 6) is 0.296. The average Bonchev–Trinajstić information content (AvgIpc) is 2.77. The van der Waals surface area contributed by atoms with E-state index in [-0.39, 0.29) is 11.9 Å². The van der Waals surface area contributed by atoms with Crippen LogP contribution >= 0.6 is 11.8 Å². The van der Waals surface area contributed by atoms with Crippen molar-refractivity contribution >= 4 is 17.7 Å². The number of carbonyl (C=O) groups is 1. The number of amides is 1. The van der Waals surface area contributed by atoms with E-state index in [9.17, 15) is 4.79 Å². The molecule has 0 spiro atoms. The topological polar surface area (TPSA) is 54.3 Å². The van der Waals surface area contributed by atoms with Crippen molar-refractivity contribution in [3.8, 4) is 0 Å². The van der Waals surface area contributed by atoms with Crippen LogP contribution in [-0.4, -0.2) is 30.8 Å². The van der Waals surface area contributed by atoms with E-state index in [0.29, 0.717) is 11.8 Å². The van der Waals surface area contributed by atoms with Crippen LogP contribution < -0.4 is 10.6 Å². The molecule has 17 heavy (non-hydrogen) atoms. The molecule has 1 fully saturated rings. The zero-order chi connectivity index (χ0) is 12.3. The van der Waals surface area contributed by atoms with Crippen LogP contribution in [0.15, 0.2) is 21.6 Å². The third kappa shape index (κ3) is 3.26. The molecule has 0 bridgehead atoms. The molecule has 1 amide bonds. The minimum absolute atomic E-state index is 0.107. The normalized spacial score (nSPS) is 24.6. The van der Waals surface area contributed by atoms with Gasteiger partial charge in [-0.25, -0.2) is 0 Å². The molecule has 2 rings (SSSR count). The highest BCUT2D eigenvalue weighted by Gasteiger charge is 2.21. The van der Waals surface area contributed by atoms with Gasteiger partial charge in [0.15, 0.2) is 10.9 Å². The first-order valence-electron chi connectivity index (χ1n) is 5.87. The highest BCUT2D eigenvalue weighted by atomic mass is 32.2. The van der Waals surface area contributed by atoms with Crippen molar-refractivity contribution in [2.75, 3.05) is 12.8 Å². The van der Waals surface area contributed by atoms with Gasteiger partial charge in [0.05, 0.1) is 0 Å². The first-order chi connectivity index (χ1) is 8.19. The summed E-state index contributed by atoms with van der Waals surface area (Å²) in [5, 5.41) is 7.15. The molecule has 2 N–H and O–H groups in total. The summed E-state index contributed by atoms with van der Waals surface area (Å²) in [6.45, 7) is 3.09. The smallest absolute Gasteiger partial charge is 0.287 e. The van der Waals surface area contributed by atoms with Crippen molar-refractivity contribution in [2.24, 2.45) is 0 Å². The van der Waals surface area contributed by atoms with Gasteiger partial charge >= 0.3 is 0 Å². The fourth-order valence-electron chi connectivity index (χ4n) is 2.07. The molecule has 1 aliphatic rings. The van der Waals surface area contributed by atoms with Gasteiger partial charge in [-0.2, -0.15) is 0 Å². The maximum atomic E-state index is 11.9. The second-order valence-electron chi connectivity index (χ2n) is 4.37. The zero-order valence-corrected chi connectivity index (χ0v) is 11.0. The summed E-state index contributed by atoms with van der Waals surface area (Å²) >= 11 is 1.50. The highest BCUT2D eigenvalue weighted by molar-refractivity contribution is 7.98. The minimum atomic E-state index is -0.107. The van der Waals surface area contributed by atoms with Crippen LogP contribution in [0.5, 0.6) is 0 Å². The van der Waals surface area contributed by atoms with Crippen molar-refractivity contribution in [1.82, 2.24) is 10.6 Å². The standard InChI is InChI=1S/C12H18N2O2S/c1-8-7-9(5-6-13-8)14-12(15)10-3-4-11(16-10)17-2/h3-4,8-9,13H,5-7H2,1-2H3,(H,14,15). The second kappa shape index (κ2) is 5.60. The van der Waals surface area contributed by atoms with Gasteiger partial charge in [0.25, 0.3) is 5.91 Å². The van der Waals surface area contributed by atoms with Crippen molar-refractivity contribution in [3.63, 3.8) is 0 Å². The lowest BCUT2D eigenvalue weighted by atomic mass is 10.0. The van der Waals surface area contributed by atoms with Gasteiger partial charge in [0.2, 0.25) is 0 Å². The van der Waals surface area contributed by atoms with E-state index in [1.807, 2.05) is 12.3 Å². The number of thioether (sulfide) groups is 1. The molecule has 2 atom stereocenters. The quantitative estimate of drug-likeness (QED) is 0.809. The molecule has 1 aromatic rings. The van der Waals surface area contributed by atoms with Crippen molar-refractivity contribution in [2.45, 2.75) is 36.9 Å². The van der Waals surface area contributed by atoms with E-state index < -0.39 is 0 Å². The molecule has 1 aliphatic heterocycles. The molecule has 0 saturated carbocycles. The van der Waals surface area contributed by atoms with Crippen LogP contribution in [0.25, 0.3) is 0 Å². The Balaban J connectivity index is 1.92. The maximum Gasteiger partial charge on any atom is 0.287 e. The number of furan rings is 1. The van der Waals surface area contributed by atoms with E-state index in [0.717, 1.165) is 24.5 Å². The SMILES string of the molecule is CSc1ccc(C(=O)NC2CCNC(C)C2)o1. The van der Waals surface area contributed by atoms with Crippen molar-refractivity contribution < 1.29 is 9.21 Å². The van der Waals surface area contributed by atoms with Gasteiger partial charge in [-0.1, -0.05) is 11.8 Å². The molecule has 4 nitrogen and oxygen atoms in total. The third-order valence-electron chi connectivity index (χ3n) is 2.97. The van der Waals surface area contributed by atoms with Crippen LogP contribution in [0, 0.1) is 0 Å². The first-order valence-corrected chi connectivity index (χ1v) is 7.09. The molecule has 0 radical (unpaired) electrons. The number of hydrogen-bond donors (Lipinski definition) is 2. The lowest BCUT2D eigenvalue weighted by Crippen LogP contribution is -2.46. The van der Waals surface area contributed by atoms with Crippen LogP contribution in [0.3, 0.4) is 0 Å². The Morgan fingerprint density at radius 3 is 3.06 bits per heavy atom. The van der Waals surface area contributed by atoms with Crippen LogP contribution in [0.2, 0.25) is 0 Å². The molecule has 1 saturated heterocycles. The Morgan fingerprint density at radius 1 is 1.59 bits per heavy atom. The number of rotatable bonds is 3. The Morgan fingerprint density at radius 2 is 2.41 bits per heavy atom. The van der Waals surface area contributed by atoms with E-state index >= 15 is 0 Å². The van der Waals surface area contributed by atoms with E-state index in [2.05, 4.69) is 17.6 Å². The Bertz CT molecular complexity index is 392. The Kier molecular flexibility index (Phi) is 4.12. The van der Waals surface area contributed by atoms with Gasteiger partial charge < -0.3 is 15.1 Å². The third-order valence-corrected chi connectivity index (χ3v) is 3.59. The van der Waals surface area contributed by atoms with Crippen LogP contribution in [-0.2, 0) is 0 Å². The number of hydrogen-bond acceptors (Lipinski definition) is 4. The Labute approximate surface area is 106 Å². The summed E-state index contributed by atoms with van der Waals surface area (Å²) in [7, 11) is 0. The Hall–Kier alpha value is -0.940. The van der Waals surface area contributed by atoms with Crippen molar-refractivity contribution in [1.29, 1.82) is 0 Å². The van der Waals surface area contributed by atoms with E-state index in [4.69, 9.17) is 4.42 Å². The number of nitrogens with one attached hydrogen (secondary N) is 2. The lowest BCUT2D eigenvalue weighted by molar-refractivity contribution is 0.0892. The lowest BCUT2D eigenvalue weighted by Gasteiger charge is -2.28. The van der Waals surface area contributed by atoms with Crippen LogP contribution in [0.4, 0.5) is 0 Å². The summed E-state index contributed by atoms with van der Waals surface area (Å²) in [4.78, 5) is 11.9. The molecule has 1 aromatic heterocycles. The fourth-order valence-corrected chi connectivity index (χ4v) is 2.45. The summed E-state index contributed by atoms with van der Waals surface area (Å²) in [6.07, 6.45) is 3.88. The van der Waals surface area contributed by atoms with E-state index in [1.165, 1.54) is 11.8 Å². The predicted octanol–water partition coefficient (Wildman–Crippen LogP) is 1.87. The molecule has 2 heterocycles. The summed E-state index contributed by atoms with van der Waals surface area (Å²) in [5.41, 5.74) is 0. The zero-order valence-electron chi connectivity index (χ0n) is 10.2. The van der Waals surface area contributed by atoms with Gasteiger partial charge in [0, 0.05) is 12.1 Å². The minimum Gasteiger partial charge on any atom is -0.445 e. The number of piperidine rings is 1. The van der Waals surface area contributed by atoms with Gasteiger partial charge in [0.1, 0.15) is 0 Å². The molecular weight excluding hydrogens is 236 g/mol. The molecule has 0 aromatic carbocycles. The predicted molar refractivity (Wildman–Crippen MR) is 68.4 cm³/mol. The largest absolute Gasteiger partial charge is 0.445 e. The number of carbonyl (C=O) groups excluding carboxylic acids is 1. The molecule has 0 aliphatic carbocycles. The fraction of sp³-hybridized carbons (Fsp3) is 0.583.